The number of hydrogen-bond acceptors (Lipinski definition) is 4. The summed E-state index contributed by atoms with van der Waals surface area (Å²) in [6.07, 6.45) is 0.769. The minimum atomic E-state index is -0.470. The number of para-hydroxylation sites is 1. The lowest BCUT2D eigenvalue weighted by atomic mass is 9.93. The molecule has 0 aliphatic carbocycles. The molecule has 1 N–H and O–H groups in total. The lowest BCUT2D eigenvalue weighted by Crippen LogP contribution is -2.40. The molecule has 1 aromatic carbocycles. The third-order valence-corrected chi connectivity index (χ3v) is 6.94. The van der Waals surface area contributed by atoms with Gasteiger partial charge < -0.3 is 19.5 Å². The maximum absolute atomic E-state index is 13.7. The summed E-state index contributed by atoms with van der Waals surface area (Å²) in [7, 11) is 1.34. The summed E-state index contributed by atoms with van der Waals surface area (Å²) in [6, 6.07) is 5.83. The van der Waals surface area contributed by atoms with Crippen LogP contribution in [0.1, 0.15) is 110 Å². The maximum atomic E-state index is 13.7. The molecule has 0 atom stereocenters. The van der Waals surface area contributed by atoms with Crippen molar-refractivity contribution >= 4 is 23.5 Å². The number of nitrogens with one attached hydrogen (secondary N) is 1. The number of anilines is 1. The number of methoxy groups -OCH3 is 1. The number of carbonyl (C=O) groups excluding carboxylic acids is 3. The molecule has 0 fully saturated rings. The largest absolute Gasteiger partial charge is 0.464 e. The molecule has 7 heteroatoms. The summed E-state index contributed by atoms with van der Waals surface area (Å²) < 4.78 is 6.78. The van der Waals surface area contributed by atoms with Gasteiger partial charge in [-0.1, -0.05) is 59.7 Å². The molecule has 0 spiro atoms. The summed E-state index contributed by atoms with van der Waals surface area (Å²) in [5.74, 6) is 0.177. The number of ether oxygens (including phenoxy) is 1. The van der Waals surface area contributed by atoms with E-state index in [9.17, 15) is 14.4 Å². The first kappa shape index (κ1) is 30.1. The molecule has 1 aromatic heterocycles. The van der Waals surface area contributed by atoms with E-state index in [1.807, 2.05) is 32.0 Å². The van der Waals surface area contributed by atoms with Crippen molar-refractivity contribution in [1.29, 1.82) is 0 Å². The molecule has 2 amide bonds. The van der Waals surface area contributed by atoms with Crippen LogP contribution < -0.4 is 5.32 Å². The molecule has 2 aromatic rings. The van der Waals surface area contributed by atoms with Crippen molar-refractivity contribution in [3.8, 4) is 0 Å². The number of esters is 1. The second kappa shape index (κ2) is 12.9. The molecule has 0 radical (unpaired) electrons. The van der Waals surface area contributed by atoms with Crippen LogP contribution in [-0.4, -0.2) is 47.4 Å². The Morgan fingerprint density at radius 1 is 1.00 bits per heavy atom. The van der Waals surface area contributed by atoms with Gasteiger partial charge in [0, 0.05) is 30.0 Å². The van der Waals surface area contributed by atoms with E-state index in [-0.39, 0.29) is 30.2 Å². The first-order valence-corrected chi connectivity index (χ1v) is 13.3. The van der Waals surface area contributed by atoms with Gasteiger partial charge in [-0.15, -0.1) is 0 Å². The number of carbonyl (C=O) groups is 3. The monoisotopic (exact) mass is 511 g/mol. The number of nitrogens with zero attached hydrogens (tertiary/aromatic N) is 2. The Kier molecular flexibility index (Phi) is 10.5. The Morgan fingerprint density at radius 2 is 1.57 bits per heavy atom. The summed E-state index contributed by atoms with van der Waals surface area (Å²) in [6.45, 7) is 19.1. The third kappa shape index (κ3) is 6.82. The number of benzene rings is 1. The van der Waals surface area contributed by atoms with Gasteiger partial charge in [0.1, 0.15) is 5.69 Å². The number of hydrogen-bond donors (Lipinski definition) is 1. The number of aromatic nitrogens is 1. The lowest BCUT2D eigenvalue weighted by Gasteiger charge is -2.26. The van der Waals surface area contributed by atoms with E-state index in [1.165, 1.54) is 7.11 Å². The van der Waals surface area contributed by atoms with Crippen LogP contribution in [0.2, 0.25) is 0 Å². The second-order valence-electron chi connectivity index (χ2n) is 10.7. The zero-order valence-electron chi connectivity index (χ0n) is 24.3. The van der Waals surface area contributed by atoms with Crippen molar-refractivity contribution < 1.29 is 19.1 Å². The van der Waals surface area contributed by atoms with Gasteiger partial charge in [0.2, 0.25) is 0 Å². The quantitative estimate of drug-likeness (QED) is 0.262. The van der Waals surface area contributed by atoms with Crippen molar-refractivity contribution in [2.45, 2.75) is 87.1 Å². The van der Waals surface area contributed by atoms with Crippen molar-refractivity contribution in [1.82, 2.24) is 9.47 Å². The van der Waals surface area contributed by atoms with E-state index in [4.69, 9.17) is 4.74 Å². The Balaban J connectivity index is 2.46. The summed E-state index contributed by atoms with van der Waals surface area (Å²) in [5, 5.41) is 3.16. The average molecular weight is 512 g/mol. The normalized spacial score (nSPS) is 11.4. The summed E-state index contributed by atoms with van der Waals surface area (Å²) >= 11 is 0. The Hall–Kier alpha value is -3.09. The van der Waals surface area contributed by atoms with E-state index in [0.717, 1.165) is 23.2 Å². The molecule has 37 heavy (non-hydrogen) atoms. The van der Waals surface area contributed by atoms with E-state index >= 15 is 0 Å². The second-order valence-corrected chi connectivity index (χ2v) is 10.7. The molecule has 0 aliphatic rings. The predicted molar refractivity (Wildman–Crippen MR) is 150 cm³/mol. The van der Waals surface area contributed by atoms with Crippen LogP contribution in [-0.2, 0) is 11.3 Å². The predicted octanol–water partition coefficient (Wildman–Crippen LogP) is 6.92. The first-order valence-electron chi connectivity index (χ1n) is 13.3. The molecule has 0 unspecified atom stereocenters. The highest BCUT2D eigenvalue weighted by molar-refractivity contribution is 6.05. The van der Waals surface area contributed by atoms with Crippen LogP contribution in [0.25, 0.3) is 0 Å². The van der Waals surface area contributed by atoms with Crippen molar-refractivity contribution in [3.63, 3.8) is 0 Å². The van der Waals surface area contributed by atoms with E-state index in [0.29, 0.717) is 41.5 Å². The van der Waals surface area contributed by atoms with Gasteiger partial charge in [-0.25, -0.2) is 9.59 Å². The average Bonchev–Trinajstić information content (AvgIpc) is 3.09. The topological polar surface area (TPSA) is 80.6 Å². The van der Waals surface area contributed by atoms with E-state index in [2.05, 4.69) is 46.9 Å². The molecule has 0 saturated heterocycles. The standard InChI is InChI=1S/C30H45N3O4/c1-11-33-22(9)26(21(8)28(33)29(35)37-10)25(34)17-32(16-15-18(2)3)30(36)31-27-23(19(4)5)13-12-14-24(27)20(6)7/h12-14,18-20H,11,15-17H2,1-10H3,(H,31,36). The van der Waals surface area contributed by atoms with Crippen molar-refractivity contribution in [2.24, 2.45) is 5.92 Å². The Morgan fingerprint density at radius 3 is 2.03 bits per heavy atom. The van der Waals surface area contributed by atoms with Crippen molar-refractivity contribution in [2.75, 3.05) is 25.5 Å². The number of rotatable bonds is 11. The zero-order valence-corrected chi connectivity index (χ0v) is 24.3. The fourth-order valence-electron chi connectivity index (χ4n) is 4.86. The number of urea groups is 1. The Bertz CT molecular complexity index is 1100. The van der Waals surface area contributed by atoms with Gasteiger partial charge >= 0.3 is 12.0 Å². The van der Waals surface area contributed by atoms with Gasteiger partial charge in [0.15, 0.2) is 5.78 Å². The number of Topliss-reactive ketones (excluding diaryl/α,β-unsaturated/α-hetero) is 1. The molecular formula is C30H45N3O4. The summed E-state index contributed by atoms with van der Waals surface area (Å²) in [4.78, 5) is 41.4. The van der Waals surface area contributed by atoms with Crippen LogP contribution in [0.15, 0.2) is 18.2 Å². The van der Waals surface area contributed by atoms with Gasteiger partial charge in [0.25, 0.3) is 0 Å². The Labute approximate surface area is 222 Å². The molecule has 0 bridgehead atoms. The highest BCUT2D eigenvalue weighted by Crippen LogP contribution is 2.33. The fourth-order valence-corrected chi connectivity index (χ4v) is 4.86. The zero-order chi connectivity index (χ0) is 28.0. The van der Waals surface area contributed by atoms with Gasteiger partial charge in [0.05, 0.1) is 13.7 Å². The SMILES string of the molecule is CCn1c(C)c(C(=O)CN(CCC(C)C)C(=O)Nc2c(C(C)C)cccc2C(C)C)c(C)c1C(=O)OC. The maximum Gasteiger partial charge on any atom is 0.354 e. The van der Waals surface area contributed by atoms with Crippen molar-refractivity contribution in [3.05, 3.63) is 51.8 Å². The fraction of sp³-hybridized carbons (Fsp3) is 0.567. The lowest BCUT2D eigenvalue weighted by molar-refractivity contribution is 0.0587. The summed E-state index contributed by atoms with van der Waals surface area (Å²) in [5.41, 5.74) is 5.14. The molecule has 7 nitrogen and oxygen atoms in total. The van der Waals surface area contributed by atoms with E-state index < -0.39 is 5.97 Å². The van der Waals surface area contributed by atoms with Crippen LogP contribution >= 0.6 is 0 Å². The highest BCUT2D eigenvalue weighted by atomic mass is 16.5. The highest BCUT2D eigenvalue weighted by Gasteiger charge is 2.29. The van der Waals surface area contributed by atoms with Crippen LogP contribution in [0.4, 0.5) is 10.5 Å². The smallest absolute Gasteiger partial charge is 0.354 e. The molecule has 0 saturated carbocycles. The van der Waals surface area contributed by atoms with Crippen LogP contribution in [0.3, 0.4) is 0 Å². The molecule has 2 rings (SSSR count). The third-order valence-electron chi connectivity index (χ3n) is 6.94. The minimum Gasteiger partial charge on any atom is -0.464 e. The van der Waals surface area contributed by atoms with Crippen LogP contribution in [0, 0.1) is 19.8 Å². The minimum absolute atomic E-state index is 0.0740. The molecule has 0 aliphatic heterocycles. The molecular weight excluding hydrogens is 466 g/mol. The van der Waals surface area contributed by atoms with Gasteiger partial charge in [-0.3, -0.25) is 4.79 Å². The molecule has 1 heterocycles. The van der Waals surface area contributed by atoms with E-state index in [1.54, 1.807) is 16.4 Å². The van der Waals surface area contributed by atoms with Gasteiger partial charge in [-0.2, -0.15) is 0 Å². The number of ketones is 1. The first-order chi connectivity index (χ1) is 17.3. The van der Waals surface area contributed by atoms with Gasteiger partial charge in [-0.05, 0) is 61.6 Å². The molecule has 204 valence electrons. The van der Waals surface area contributed by atoms with Crippen LogP contribution in [0.5, 0.6) is 0 Å². The number of amides is 2.